The molecule has 3 rings (SSSR count). The average Bonchev–Trinajstić information content (AvgIpc) is 2.82. The van der Waals surface area contributed by atoms with E-state index in [9.17, 15) is 0 Å². The molecule has 1 aliphatic rings. The molecule has 77 valence electrons. The molecule has 0 spiro atoms. The van der Waals surface area contributed by atoms with Crippen molar-refractivity contribution in [2.24, 2.45) is 0 Å². The highest BCUT2D eigenvalue weighted by molar-refractivity contribution is 6.31. The lowest BCUT2D eigenvalue weighted by Gasteiger charge is -2.08. The Morgan fingerprint density at radius 1 is 0.938 bits per heavy atom. The van der Waals surface area contributed by atoms with Crippen LogP contribution in [0.15, 0.2) is 30.3 Å². The van der Waals surface area contributed by atoms with Crippen molar-refractivity contribution in [2.75, 3.05) is 0 Å². The van der Waals surface area contributed by atoms with Crippen molar-refractivity contribution in [1.82, 2.24) is 4.98 Å². The summed E-state index contributed by atoms with van der Waals surface area (Å²) in [5.74, 6) is 1.15. The molecular weight excluding hydrogens is 218 g/mol. The molecule has 0 N–H and O–H groups in total. The summed E-state index contributed by atoms with van der Waals surface area (Å²) in [6.07, 6.45) is 8.15. The van der Waals surface area contributed by atoms with Crippen LogP contribution in [0.3, 0.4) is 0 Å². The fourth-order valence-electron chi connectivity index (χ4n) is 1.80. The highest BCUT2D eigenvalue weighted by Gasteiger charge is 2.20. The Kier molecular flexibility index (Phi) is 2.56. The third kappa shape index (κ3) is 1.80. The van der Waals surface area contributed by atoms with E-state index in [-0.39, 0.29) is 0 Å². The molecule has 0 saturated heterocycles. The topological polar surface area (TPSA) is 12.9 Å². The second kappa shape index (κ2) is 4.06. The SMILES string of the molecule is Clc1ccc2nc([C]3[CH][CH][CH][CH]3)ccc2c1. The summed E-state index contributed by atoms with van der Waals surface area (Å²) in [5.41, 5.74) is 1.97. The molecule has 16 heavy (non-hydrogen) atoms. The Morgan fingerprint density at radius 2 is 1.75 bits per heavy atom. The molecule has 1 fully saturated rings. The van der Waals surface area contributed by atoms with Crippen LogP contribution in [0, 0.1) is 31.6 Å². The van der Waals surface area contributed by atoms with Gasteiger partial charge in [-0.1, -0.05) is 17.7 Å². The molecule has 1 aromatic carbocycles. The van der Waals surface area contributed by atoms with Crippen LogP contribution in [0.2, 0.25) is 5.02 Å². The van der Waals surface area contributed by atoms with E-state index in [2.05, 4.69) is 23.9 Å². The molecule has 2 heteroatoms. The lowest BCUT2D eigenvalue weighted by Crippen LogP contribution is -1.98. The van der Waals surface area contributed by atoms with Crippen molar-refractivity contribution >= 4 is 22.5 Å². The lowest BCUT2D eigenvalue weighted by molar-refractivity contribution is 1.17. The van der Waals surface area contributed by atoms with Crippen LogP contribution < -0.4 is 0 Å². The van der Waals surface area contributed by atoms with Crippen molar-refractivity contribution in [2.45, 2.75) is 0 Å². The number of hydrogen-bond acceptors (Lipinski definition) is 1. The molecule has 5 radical (unpaired) electrons. The van der Waals surface area contributed by atoms with Crippen LogP contribution in [-0.2, 0) is 0 Å². The maximum absolute atomic E-state index is 5.93. The molecule has 0 amide bonds. The molecule has 1 saturated carbocycles. The van der Waals surface area contributed by atoms with Crippen molar-refractivity contribution in [3.05, 3.63) is 72.6 Å². The van der Waals surface area contributed by atoms with Gasteiger partial charge in [-0.25, -0.2) is 0 Å². The van der Waals surface area contributed by atoms with Crippen molar-refractivity contribution in [3.8, 4) is 0 Å². The van der Waals surface area contributed by atoms with Crippen LogP contribution in [0.25, 0.3) is 10.9 Å². The first-order chi connectivity index (χ1) is 7.83. The Bertz CT molecular complexity index is 515. The van der Waals surface area contributed by atoms with E-state index >= 15 is 0 Å². The summed E-state index contributed by atoms with van der Waals surface area (Å²) in [5, 5.41) is 1.82. The number of fused-ring (bicyclic) bond motifs is 1. The zero-order valence-corrected chi connectivity index (χ0v) is 9.28. The third-order valence-corrected chi connectivity index (χ3v) is 2.84. The highest BCUT2D eigenvalue weighted by Crippen LogP contribution is 2.30. The first-order valence-corrected chi connectivity index (χ1v) is 5.49. The molecule has 1 heterocycles. The van der Waals surface area contributed by atoms with E-state index in [1.54, 1.807) is 0 Å². The van der Waals surface area contributed by atoms with Gasteiger partial charge in [0.2, 0.25) is 0 Å². The second-order valence-electron chi connectivity index (χ2n) is 3.71. The Hall–Kier alpha value is -1.08. The number of aromatic nitrogens is 1. The number of nitrogens with zero attached hydrogens (tertiary/aromatic N) is 1. The molecule has 2 aromatic rings. The Labute approximate surface area is 100 Å². The molecule has 1 aliphatic carbocycles. The monoisotopic (exact) mass is 226 g/mol. The number of pyridine rings is 1. The number of hydrogen-bond donors (Lipinski definition) is 0. The summed E-state index contributed by atoms with van der Waals surface area (Å²) in [6, 6.07) is 9.82. The predicted molar refractivity (Wildman–Crippen MR) is 66.3 cm³/mol. The molecule has 1 aromatic heterocycles. The number of benzene rings is 1. The van der Waals surface area contributed by atoms with E-state index in [0.29, 0.717) is 0 Å². The molecular formula is C14H9ClN. The van der Waals surface area contributed by atoms with Gasteiger partial charge >= 0.3 is 0 Å². The Morgan fingerprint density at radius 3 is 2.56 bits per heavy atom. The van der Waals surface area contributed by atoms with Crippen LogP contribution >= 0.6 is 11.6 Å². The van der Waals surface area contributed by atoms with Crippen LogP contribution in [0.1, 0.15) is 5.69 Å². The normalized spacial score (nSPS) is 17.1. The molecule has 0 unspecified atom stereocenters. The van der Waals surface area contributed by atoms with Crippen molar-refractivity contribution in [3.63, 3.8) is 0 Å². The third-order valence-electron chi connectivity index (χ3n) is 2.61. The summed E-state index contributed by atoms with van der Waals surface area (Å²) < 4.78 is 0. The van der Waals surface area contributed by atoms with Crippen LogP contribution in [0.5, 0.6) is 0 Å². The molecule has 0 bridgehead atoms. The van der Waals surface area contributed by atoms with Crippen molar-refractivity contribution in [1.29, 1.82) is 0 Å². The first kappa shape index (κ1) is 10.1. The second-order valence-corrected chi connectivity index (χ2v) is 4.14. The van der Waals surface area contributed by atoms with Gasteiger partial charge in [0.15, 0.2) is 0 Å². The maximum Gasteiger partial charge on any atom is 0.0706 e. The van der Waals surface area contributed by atoms with Gasteiger partial charge in [-0.15, -0.1) is 0 Å². The van der Waals surface area contributed by atoms with E-state index in [1.807, 2.05) is 37.1 Å². The first-order valence-electron chi connectivity index (χ1n) is 5.11. The maximum atomic E-state index is 5.93. The minimum absolute atomic E-state index is 0.746. The minimum Gasteiger partial charge on any atom is -0.252 e. The zero-order valence-electron chi connectivity index (χ0n) is 8.52. The predicted octanol–water partition coefficient (Wildman–Crippen LogP) is 3.64. The lowest BCUT2D eigenvalue weighted by atomic mass is 10.0. The number of rotatable bonds is 1. The van der Waals surface area contributed by atoms with E-state index in [1.165, 1.54) is 0 Å². The van der Waals surface area contributed by atoms with E-state index < -0.39 is 0 Å². The van der Waals surface area contributed by atoms with Crippen molar-refractivity contribution < 1.29 is 0 Å². The van der Waals surface area contributed by atoms with Gasteiger partial charge in [0.25, 0.3) is 0 Å². The summed E-state index contributed by atoms with van der Waals surface area (Å²) in [4.78, 5) is 4.60. The fourth-order valence-corrected chi connectivity index (χ4v) is 1.98. The zero-order chi connectivity index (χ0) is 11.0. The van der Waals surface area contributed by atoms with E-state index in [4.69, 9.17) is 11.6 Å². The van der Waals surface area contributed by atoms with Gasteiger partial charge in [0.1, 0.15) is 0 Å². The smallest absolute Gasteiger partial charge is 0.0706 e. The fraction of sp³-hybridized carbons (Fsp3) is 0. The van der Waals surface area contributed by atoms with E-state index in [0.717, 1.165) is 27.5 Å². The minimum atomic E-state index is 0.746. The highest BCUT2D eigenvalue weighted by atomic mass is 35.5. The van der Waals surface area contributed by atoms with Gasteiger partial charge in [-0.05, 0) is 49.9 Å². The van der Waals surface area contributed by atoms with Gasteiger partial charge in [0, 0.05) is 22.0 Å². The average molecular weight is 227 g/mol. The molecule has 1 nitrogen and oxygen atoms in total. The van der Waals surface area contributed by atoms with Gasteiger partial charge in [-0.2, -0.15) is 0 Å². The summed E-state index contributed by atoms with van der Waals surface area (Å²) in [6.45, 7) is 0. The molecule has 0 aliphatic heterocycles. The van der Waals surface area contributed by atoms with Gasteiger partial charge in [0.05, 0.1) is 5.52 Å². The standard InChI is InChI=1S/C14H9ClN/c15-12-6-8-14-11(9-12)5-7-13(16-14)10-3-1-2-4-10/h1-9H. The largest absolute Gasteiger partial charge is 0.252 e. The van der Waals surface area contributed by atoms with Crippen LogP contribution in [-0.4, -0.2) is 4.98 Å². The summed E-state index contributed by atoms with van der Waals surface area (Å²) >= 11 is 5.93. The van der Waals surface area contributed by atoms with Gasteiger partial charge in [-0.3, -0.25) is 4.98 Å². The summed E-state index contributed by atoms with van der Waals surface area (Å²) in [7, 11) is 0. The molecule has 0 atom stereocenters. The quantitative estimate of drug-likeness (QED) is 0.724. The number of halogens is 1. The van der Waals surface area contributed by atoms with Crippen LogP contribution in [0.4, 0.5) is 0 Å². The Balaban J connectivity index is 2.05. The van der Waals surface area contributed by atoms with Gasteiger partial charge < -0.3 is 0 Å².